The number of carboxylic acids is 1. The van der Waals surface area contributed by atoms with Gasteiger partial charge in [0, 0.05) is 6.42 Å². The van der Waals surface area contributed by atoms with Crippen LogP contribution in [0, 0.1) is 0 Å². The van der Waals surface area contributed by atoms with E-state index in [4.69, 9.17) is 15.4 Å². The van der Waals surface area contributed by atoms with E-state index in [1.165, 1.54) is 0 Å². The van der Waals surface area contributed by atoms with Crippen molar-refractivity contribution < 1.29 is 14.4 Å². The van der Waals surface area contributed by atoms with Gasteiger partial charge >= 0.3 is 5.97 Å². The van der Waals surface area contributed by atoms with Crippen molar-refractivity contribution in [3.8, 4) is 0 Å². The van der Waals surface area contributed by atoms with Crippen molar-refractivity contribution >= 4 is 17.7 Å². The van der Waals surface area contributed by atoms with Crippen molar-refractivity contribution in [1.29, 1.82) is 0 Å². The molecule has 0 unspecified atom stereocenters. The van der Waals surface area contributed by atoms with Crippen molar-refractivity contribution in [2.45, 2.75) is 31.2 Å². The predicted molar refractivity (Wildman–Crippen MR) is 62.7 cm³/mol. The summed E-state index contributed by atoms with van der Waals surface area (Å²) in [6.45, 7) is 0. The van der Waals surface area contributed by atoms with Crippen LogP contribution in [0.1, 0.15) is 31.0 Å². The number of rotatable bonds is 4. The largest absolute Gasteiger partial charge is 0.481 e. The first-order valence-corrected chi connectivity index (χ1v) is 6.67. The van der Waals surface area contributed by atoms with E-state index in [1.807, 2.05) is 11.8 Å². The van der Waals surface area contributed by atoms with Gasteiger partial charge in [-0.05, 0) is 24.3 Å². The smallest absolute Gasteiger partial charge is 0.303 e. The first-order valence-electron chi connectivity index (χ1n) is 5.52. The Hall–Kier alpha value is -1.08. The Balaban J connectivity index is 2.03. The summed E-state index contributed by atoms with van der Waals surface area (Å²) in [5, 5.41) is 12.4. The molecule has 0 atom stereocenters. The summed E-state index contributed by atoms with van der Waals surface area (Å²) in [6, 6.07) is 0. The van der Waals surface area contributed by atoms with Crippen LogP contribution in [0.3, 0.4) is 0 Å². The fourth-order valence-corrected chi connectivity index (χ4v) is 2.95. The van der Waals surface area contributed by atoms with Crippen LogP contribution in [0.5, 0.6) is 0 Å². The van der Waals surface area contributed by atoms with Gasteiger partial charge in [0.15, 0.2) is 5.82 Å². The normalized spacial score (nSPS) is 19.1. The quantitative estimate of drug-likeness (QED) is 0.821. The molecule has 1 fully saturated rings. The zero-order chi connectivity index (χ0) is 12.3. The molecule has 0 radical (unpaired) electrons. The van der Waals surface area contributed by atoms with Crippen LogP contribution < -0.4 is 5.73 Å². The topological polar surface area (TPSA) is 102 Å². The standard InChI is InChI=1S/C10H15N3O3S/c11-10(3-5-17-6-4-10)9-12-7(16-13-9)1-2-8(14)15/h1-6,11H2,(H,14,15). The Labute approximate surface area is 103 Å². The predicted octanol–water partition coefficient (Wildman–Crippen LogP) is 0.768. The van der Waals surface area contributed by atoms with E-state index in [-0.39, 0.29) is 12.8 Å². The van der Waals surface area contributed by atoms with Crippen LogP contribution in [-0.4, -0.2) is 32.7 Å². The van der Waals surface area contributed by atoms with E-state index in [0.29, 0.717) is 11.7 Å². The molecule has 0 saturated carbocycles. The average Bonchev–Trinajstić information content (AvgIpc) is 2.76. The van der Waals surface area contributed by atoms with Crippen LogP contribution >= 0.6 is 11.8 Å². The fourth-order valence-electron chi connectivity index (χ4n) is 1.73. The Morgan fingerprint density at radius 1 is 1.53 bits per heavy atom. The van der Waals surface area contributed by atoms with E-state index in [1.54, 1.807) is 0 Å². The third-order valence-corrected chi connectivity index (χ3v) is 3.84. The maximum absolute atomic E-state index is 10.4. The minimum Gasteiger partial charge on any atom is -0.481 e. The SMILES string of the molecule is NC1(c2noc(CCC(=O)O)n2)CCSCC1. The van der Waals surface area contributed by atoms with Crippen LogP contribution in [-0.2, 0) is 16.8 Å². The summed E-state index contributed by atoms with van der Waals surface area (Å²) in [4.78, 5) is 14.6. The lowest BCUT2D eigenvalue weighted by atomic mass is 9.93. The highest BCUT2D eigenvalue weighted by Gasteiger charge is 2.34. The third-order valence-electron chi connectivity index (χ3n) is 2.85. The number of nitrogens with zero attached hydrogens (tertiary/aromatic N) is 2. The van der Waals surface area contributed by atoms with Crippen molar-refractivity contribution in [2.24, 2.45) is 5.73 Å². The molecule has 3 N–H and O–H groups in total. The van der Waals surface area contributed by atoms with Gasteiger partial charge in [-0.2, -0.15) is 16.7 Å². The van der Waals surface area contributed by atoms with E-state index >= 15 is 0 Å². The Kier molecular flexibility index (Phi) is 3.68. The second-order valence-electron chi connectivity index (χ2n) is 4.17. The van der Waals surface area contributed by atoms with Gasteiger partial charge in [0.2, 0.25) is 5.89 Å². The lowest BCUT2D eigenvalue weighted by molar-refractivity contribution is -0.137. The Morgan fingerprint density at radius 2 is 2.24 bits per heavy atom. The van der Waals surface area contributed by atoms with Gasteiger partial charge in [0.25, 0.3) is 0 Å². The maximum Gasteiger partial charge on any atom is 0.303 e. The number of hydrogen-bond donors (Lipinski definition) is 2. The average molecular weight is 257 g/mol. The van der Waals surface area contributed by atoms with Gasteiger partial charge in [-0.1, -0.05) is 5.16 Å². The molecule has 0 spiro atoms. The molecule has 0 bridgehead atoms. The highest BCUT2D eigenvalue weighted by atomic mass is 32.2. The van der Waals surface area contributed by atoms with Gasteiger partial charge in [-0.3, -0.25) is 4.79 Å². The monoisotopic (exact) mass is 257 g/mol. The molecule has 1 aromatic heterocycles. The minimum absolute atomic E-state index is 0.00490. The lowest BCUT2D eigenvalue weighted by Gasteiger charge is -2.29. The molecule has 7 heteroatoms. The molecular formula is C10H15N3O3S. The van der Waals surface area contributed by atoms with E-state index in [2.05, 4.69) is 10.1 Å². The van der Waals surface area contributed by atoms with E-state index < -0.39 is 11.5 Å². The van der Waals surface area contributed by atoms with Gasteiger partial charge < -0.3 is 15.4 Å². The number of aliphatic carboxylic acids is 1. The van der Waals surface area contributed by atoms with Crippen LogP contribution in [0.15, 0.2) is 4.52 Å². The number of aryl methyl sites for hydroxylation is 1. The highest BCUT2D eigenvalue weighted by molar-refractivity contribution is 7.99. The second kappa shape index (κ2) is 5.05. The minimum atomic E-state index is -0.874. The first-order chi connectivity index (χ1) is 8.10. The van der Waals surface area contributed by atoms with Gasteiger partial charge in [-0.15, -0.1) is 0 Å². The van der Waals surface area contributed by atoms with Gasteiger partial charge in [0.05, 0.1) is 12.0 Å². The van der Waals surface area contributed by atoms with Crippen molar-refractivity contribution in [3.63, 3.8) is 0 Å². The number of aromatic nitrogens is 2. The molecule has 1 aromatic rings. The molecule has 2 heterocycles. The van der Waals surface area contributed by atoms with Crippen LogP contribution in [0.25, 0.3) is 0 Å². The molecule has 1 aliphatic rings. The van der Waals surface area contributed by atoms with Crippen LogP contribution in [0.2, 0.25) is 0 Å². The summed E-state index contributed by atoms with van der Waals surface area (Å²) in [7, 11) is 0. The maximum atomic E-state index is 10.4. The summed E-state index contributed by atoms with van der Waals surface area (Å²) in [5.41, 5.74) is 5.73. The van der Waals surface area contributed by atoms with Gasteiger partial charge in [0.1, 0.15) is 0 Å². The number of thioether (sulfide) groups is 1. The van der Waals surface area contributed by atoms with E-state index in [9.17, 15) is 4.79 Å². The highest BCUT2D eigenvalue weighted by Crippen LogP contribution is 2.31. The fraction of sp³-hybridized carbons (Fsp3) is 0.700. The molecule has 0 aliphatic carbocycles. The number of carboxylic acid groups (broad SMARTS) is 1. The molecular weight excluding hydrogens is 242 g/mol. The molecule has 94 valence electrons. The third kappa shape index (κ3) is 2.98. The summed E-state index contributed by atoms with van der Waals surface area (Å²) in [6.07, 6.45) is 1.91. The summed E-state index contributed by atoms with van der Waals surface area (Å²) < 4.78 is 5.02. The Morgan fingerprint density at radius 3 is 2.88 bits per heavy atom. The molecule has 2 rings (SSSR count). The van der Waals surface area contributed by atoms with Crippen molar-refractivity contribution in [1.82, 2.24) is 10.1 Å². The molecule has 0 aromatic carbocycles. The number of carbonyl (C=O) groups is 1. The zero-order valence-corrected chi connectivity index (χ0v) is 10.2. The molecule has 17 heavy (non-hydrogen) atoms. The summed E-state index contributed by atoms with van der Waals surface area (Å²) in [5.74, 6) is 1.98. The van der Waals surface area contributed by atoms with Crippen molar-refractivity contribution in [3.05, 3.63) is 11.7 Å². The molecule has 1 saturated heterocycles. The lowest BCUT2D eigenvalue weighted by Crippen LogP contribution is -2.41. The molecule has 0 amide bonds. The molecule has 1 aliphatic heterocycles. The van der Waals surface area contributed by atoms with Crippen LogP contribution in [0.4, 0.5) is 0 Å². The Bertz CT molecular complexity index is 401. The van der Waals surface area contributed by atoms with Gasteiger partial charge in [-0.25, -0.2) is 0 Å². The molecule has 6 nitrogen and oxygen atoms in total. The second-order valence-corrected chi connectivity index (χ2v) is 5.40. The first kappa shape index (κ1) is 12.4. The van der Waals surface area contributed by atoms with E-state index in [0.717, 1.165) is 24.3 Å². The summed E-state index contributed by atoms with van der Waals surface area (Å²) >= 11 is 1.87. The number of hydrogen-bond acceptors (Lipinski definition) is 6. The van der Waals surface area contributed by atoms with Crippen molar-refractivity contribution in [2.75, 3.05) is 11.5 Å². The zero-order valence-electron chi connectivity index (χ0n) is 9.39. The number of nitrogens with two attached hydrogens (primary N) is 1.